The molecule has 4 N–H and O–H groups in total. The topological polar surface area (TPSA) is 83.8 Å². The van der Waals surface area contributed by atoms with Crippen LogP contribution in [-0.2, 0) is 0 Å². The van der Waals surface area contributed by atoms with Crippen molar-refractivity contribution in [2.45, 2.75) is 19.9 Å². The van der Waals surface area contributed by atoms with E-state index in [9.17, 15) is 4.79 Å². The number of hydrogen-bond acceptors (Lipinski definition) is 4. The second kappa shape index (κ2) is 5.32. The number of rotatable bonds is 4. The lowest BCUT2D eigenvalue weighted by Gasteiger charge is -2.09. The molecule has 18 heavy (non-hydrogen) atoms. The highest BCUT2D eigenvalue weighted by atomic mass is 32.1. The van der Waals surface area contributed by atoms with Crippen LogP contribution in [0.2, 0.25) is 0 Å². The van der Waals surface area contributed by atoms with E-state index in [0.717, 1.165) is 16.3 Å². The first-order valence-electron chi connectivity index (χ1n) is 5.72. The summed E-state index contributed by atoms with van der Waals surface area (Å²) in [6, 6.07) is 1.76. The first-order chi connectivity index (χ1) is 8.60. The van der Waals surface area contributed by atoms with Crippen LogP contribution < -0.4 is 11.1 Å². The Hall–Kier alpha value is -1.66. The van der Waals surface area contributed by atoms with Crippen LogP contribution in [0.1, 0.15) is 22.4 Å². The molecule has 6 heteroatoms. The van der Waals surface area contributed by atoms with Crippen molar-refractivity contribution >= 4 is 17.2 Å². The fourth-order valence-electron chi connectivity index (χ4n) is 1.53. The van der Waals surface area contributed by atoms with E-state index in [2.05, 4.69) is 15.3 Å². The van der Waals surface area contributed by atoms with Gasteiger partial charge in [0, 0.05) is 29.7 Å². The second-order valence-corrected chi connectivity index (χ2v) is 5.23. The van der Waals surface area contributed by atoms with Gasteiger partial charge in [0.15, 0.2) is 0 Å². The van der Waals surface area contributed by atoms with E-state index in [-0.39, 0.29) is 11.9 Å². The zero-order chi connectivity index (χ0) is 13.1. The second-order valence-electron chi connectivity index (χ2n) is 4.16. The highest BCUT2D eigenvalue weighted by Crippen LogP contribution is 2.22. The van der Waals surface area contributed by atoms with Crippen molar-refractivity contribution in [1.82, 2.24) is 15.3 Å². The number of thiazole rings is 1. The lowest BCUT2D eigenvalue weighted by Crippen LogP contribution is -2.37. The molecule has 1 atom stereocenters. The number of amides is 1. The SMILES string of the molecule is Cc1nc(-c2c[nH]c(C(=O)N[C@@H](C)CN)c2)cs1. The van der Waals surface area contributed by atoms with Crippen molar-refractivity contribution in [3.8, 4) is 11.3 Å². The smallest absolute Gasteiger partial charge is 0.267 e. The van der Waals surface area contributed by atoms with Crippen molar-refractivity contribution in [3.63, 3.8) is 0 Å². The maximum absolute atomic E-state index is 11.8. The maximum Gasteiger partial charge on any atom is 0.267 e. The number of H-pyrrole nitrogens is 1. The van der Waals surface area contributed by atoms with E-state index >= 15 is 0 Å². The van der Waals surface area contributed by atoms with E-state index in [1.807, 2.05) is 19.2 Å². The Balaban J connectivity index is 2.13. The Labute approximate surface area is 109 Å². The van der Waals surface area contributed by atoms with Gasteiger partial charge in [-0.25, -0.2) is 4.98 Å². The molecule has 2 rings (SSSR count). The molecule has 0 aliphatic rings. The summed E-state index contributed by atoms with van der Waals surface area (Å²) in [5.41, 5.74) is 7.80. The molecule has 0 radical (unpaired) electrons. The Morgan fingerprint density at radius 3 is 3.06 bits per heavy atom. The molecule has 0 unspecified atom stereocenters. The molecule has 1 amide bonds. The van der Waals surface area contributed by atoms with Gasteiger partial charge in [-0.2, -0.15) is 0 Å². The first-order valence-corrected chi connectivity index (χ1v) is 6.60. The Morgan fingerprint density at radius 1 is 1.67 bits per heavy atom. The summed E-state index contributed by atoms with van der Waals surface area (Å²) in [7, 11) is 0. The molecule has 2 aromatic heterocycles. The summed E-state index contributed by atoms with van der Waals surface area (Å²) in [5, 5.41) is 5.79. The molecule has 2 aromatic rings. The number of nitrogens with two attached hydrogens (primary N) is 1. The average molecular weight is 264 g/mol. The molecule has 0 aromatic carbocycles. The van der Waals surface area contributed by atoms with Gasteiger partial charge in [-0.15, -0.1) is 11.3 Å². The van der Waals surface area contributed by atoms with Gasteiger partial charge in [0.1, 0.15) is 5.69 Å². The number of nitrogens with one attached hydrogen (secondary N) is 2. The third-order valence-corrected chi connectivity index (χ3v) is 3.35. The normalized spacial score (nSPS) is 12.4. The highest BCUT2D eigenvalue weighted by Gasteiger charge is 2.12. The summed E-state index contributed by atoms with van der Waals surface area (Å²) >= 11 is 1.59. The molecule has 5 nitrogen and oxygen atoms in total. The molecule has 0 aliphatic carbocycles. The van der Waals surface area contributed by atoms with Crippen molar-refractivity contribution in [2.75, 3.05) is 6.54 Å². The molecule has 96 valence electrons. The quantitative estimate of drug-likeness (QED) is 0.783. The van der Waals surface area contributed by atoms with Gasteiger partial charge in [0.2, 0.25) is 0 Å². The molecule has 2 heterocycles. The standard InChI is InChI=1S/C12H16N4OS/c1-7(4-13)15-12(17)10-3-9(5-14-10)11-6-18-8(2)16-11/h3,5-7,14H,4,13H2,1-2H3,(H,15,17)/t7-/m0/s1. The van der Waals surface area contributed by atoms with E-state index in [1.165, 1.54) is 0 Å². The Bertz CT molecular complexity index is 546. The maximum atomic E-state index is 11.8. The third kappa shape index (κ3) is 2.77. The van der Waals surface area contributed by atoms with Crippen LogP contribution >= 0.6 is 11.3 Å². The first kappa shape index (κ1) is 12.8. The van der Waals surface area contributed by atoms with Crippen molar-refractivity contribution in [3.05, 3.63) is 28.3 Å². The van der Waals surface area contributed by atoms with Crippen LogP contribution in [0.5, 0.6) is 0 Å². The van der Waals surface area contributed by atoms with Crippen molar-refractivity contribution < 1.29 is 4.79 Å². The van der Waals surface area contributed by atoms with Gasteiger partial charge < -0.3 is 16.0 Å². The minimum absolute atomic E-state index is 0.0363. The van der Waals surface area contributed by atoms with Gasteiger partial charge >= 0.3 is 0 Å². The van der Waals surface area contributed by atoms with Crippen molar-refractivity contribution in [2.24, 2.45) is 5.73 Å². The number of hydrogen-bond donors (Lipinski definition) is 3. The van der Waals surface area contributed by atoms with Crippen LogP contribution in [0.3, 0.4) is 0 Å². The summed E-state index contributed by atoms with van der Waals surface area (Å²) in [6.07, 6.45) is 1.79. The number of aromatic nitrogens is 2. The number of carbonyl (C=O) groups excluding carboxylic acids is 1. The zero-order valence-corrected chi connectivity index (χ0v) is 11.2. The van der Waals surface area contributed by atoms with Crippen LogP contribution in [0.4, 0.5) is 0 Å². The van der Waals surface area contributed by atoms with Crippen LogP contribution in [0.25, 0.3) is 11.3 Å². The molecule has 0 saturated heterocycles. The number of nitrogens with zero attached hydrogens (tertiary/aromatic N) is 1. The van der Waals surface area contributed by atoms with Crippen LogP contribution in [0, 0.1) is 6.92 Å². The fourth-order valence-corrected chi connectivity index (χ4v) is 2.15. The Kier molecular flexibility index (Phi) is 3.78. The van der Waals surface area contributed by atoms with Gasteiger partial charge in [-0.3, -0.25) is 4.79 Å². The van der Waals surface area contributed by atoms with Crippen molar-refractivity contribution in [1.29, 1.82) is 0 Å². The number of carbonyl (C=O) groups is 1. The summed E-state index contributed by atoms with van der Waals surface area (Å²) in [4.78, 5) is 19.2. The predicted octanol–water partition coefficient (Wildman–Crippen LogP) is 1.52. The molecular weight excluding hydrogens is 248 g/mol. The van der Waals surface area contributed by atoms with Gasteiger partial charge in [0.25, 0.3) is 5.91 Å². The molecule has 0 aliphatic heterocycles. The lowest BCUT2D eigenvalue weighted by molar-refractivity contribution is 0.0937. The minimum Gasteiger partial charge on any atom is -0.357 e. The highest BCUT2D eigenvalue weighted by molar-refractivity contribution is 7.09. The van der Waals surface area contributed by atoms with E-state index < -0.39 is 0 Å². The summed E-state index contributed by atoms with van der Waals surface area (Å²) in [5.74, 6) is -0.147. The van der Waals surface area contributed by atoms with Crippen LogP contribution in [0.15, 0.2) is 17.6 Å². The van der Waals surface area contributed by atoms with E-state index in [1.54, 1.807) is 23.6 Å². The number of aromatic amines is 1. The number of aryl methyl sites for hydroxylation is 1. The molecule has 0 spiro atoms. The molecule has 0 saturated carbocycles. The van der Waals surface area contributed by atoms with E-state index in [0.29, 0.717) is 12.2 Å². The lowest BCUT2D eigenvalue weighted by atomic mass is 10.2. The third-order valence-electron chi connectivity index (χ3n) is 2.57. The summed E-state index contributed by atoms with van der Waals surface area (Å²) < 4.78 is 0. The largest absolute Gasteiger partial charge is 0.357 e. The zero-order valence-electron chi connectivity index (χ0n) is 10.4. The molecular formula is C12H16N4OS. The molecule has 0 fully saturated rings. The Morgan fingerprint density at radius 2 is 2.44 bits per heavy atom. The fraction of sp³-hybridized carbons (Fsp3) is 0.333. The monoisotopic (exact) mass is 264 g/mol. The average Bonchev–Trinajstić information content (AvgIpc) is 2.96. The minimum atomic E-state index is -0.147. The van der Waals surface area contributed by atoms with Gasteiger partial charge in [-0.05, 0) is 19.9 Å². The summed E-state index contributed by atoms with van der Waals surface area (Å²) in [6.45, 7) is 4.24. The van der Waals surface area contributed by atoms with Gasteiger partial charge in [-0.1, -0.05) is 0 Å². The van der Waals surface area contributed by atoms with Crippen LogP contribution in [-0.4, -0.2) is 28.5 Å². The molecule has 0 bridgehead atoms. The van der Waals surface area contributed by atoms with E-state index in [4.69, 9.17) is 5.73 Å². The van der Waals surface area contributed by atoms with Gasteiger partial charge in [0.05, 0.1) is 10.7 Å². The predicted molar refractivity (Wildman–Crippen MR) is 72.6 cm³/mol.